The molecule has 0 saturated carbocycles. The number of nitrogens with two attached hydrogens (primary N) is 1. The lowest BCUT2D eigenvalue weighted by molar-refractivity contribution is 0.0999. The largest absolute Gasteiger partial charge is 0.367 e. The highest BCUT2D eigenvalue weighted by atomic mass is 16.1. The Hall–Kier alpha value is -1.62. The van der Waals surface area contributed by atoms with E-state index in [1.807, 2.05) is 19.9 Å². The Kier molecular flexibility index (Phi) is 3.17. The summed E-state index contributed by atoms with van der Waals surface area (Å²) in [6, 6.07) is 2.42. The van der Waals surface area contributed by atoms with Crippen LogP contribution in [0.3, 0.4) is 0 Å². The van der Waals surface area contributed by atoms with Crippen LogP contribution < -0.4 is 16.0 Å². The molecule has 1 amide bonds. The zero-order valence-electron chi connectivity index (χ0n) is 12.3. The van der Waals surface area contributed by atoms with Gasteiger partial charge in [0.15, 0.2) is 0 Å². The van der Waals surface area contributed by atoms with E-state index in [0.29, 0.717) is 23.4 Å². The van der Waals surface area contributed by atoms with Crippen LogP contribution in [0.1, 0.15) is 28.7 Å². The predicted molar refractivity (Wildman–Crippen MR) is 78.9 cm³/mol. The fourth-order valence-electron chi connectivity index (χ4n) is 3.82. The van der Waals surface area contributed by atoms with Crippen LogP contribution in [0.5, 0.6) is 0 Å². The maximum atomic E-state index is 11.8. The van der Waals surface area contributed by atoms with Crippen LogP contribution in [0.15, 0.2) is 6.07 Å². The Bertz CT molecular complexity index is 557. The molecule has 1 aromatic heterocycles. The van der Waals surface area contributed by atoms with Crippen LogP contribution >= 0.6 is 0 Å². The third kappa shape index (κ3) is 1.97. The summed E-state index contributed by atoms with van der Waals surface area (Å²) < 4.78 is 0. The number of carbonyl (C=O) groups excluding carboxylic acids is 1. The van der Waals surface area contributed by atoms with Crippen LogP contribution in [0.25, 0.3) is 0 Å². The molecular formula is C15H22N4O. The standard InChI is InChI=1S/C15H22N4O/c1-8-4-13(14(15(16)20)9(2)18-8)19-7-11-5-17-6-12(11)10(19)3/h4,10-12,17H,5-7H2,1-3H3,(H2,16,20). The van der Waals surface area contributed by atoms with Crippen molar-refractivity contribution in [2.24, 2.45) is 17.6 Å². The molecule has 1 aromatic rings. The molecule has 108 valence electrons. The van der Waals surface area contributed by atoms with Gasteiger partial charge in [0, 0.05) is 31.4 Å². The highest BCUT2D eigenvalue weighted by Crippen LogP contribution is 2.37. The number of amides is 1. The van der Waals surface area contributed by atoms with Crippen molar-refractivity contribution >= 4 is 11.6 Å². The Balaban J connectivity index is 2.04. The molecule has 2 aliphatic heterocycles. The summed E-state index contributed by atoms with van der Waals surface area (Å²) in [7, 11) is 0. The van der Waals surface area contributed by atoms with Crippen LogP contribution in [0.2, 0.25) is 0 Å². The van der Waals surface area contributed by atoms with Gasteiger partial charge in [0.25, 0.3) is 5.91 Å². The number of primary amides is 1. The number of aromatic nitrogens is 1. The normalized spacial score (nSPS) is 28.8. The van der Waals surface area contributed by atoms with Crippen LogP contribution in [0.4, 0.5) is 5.69 Å². The molecule has 3 unspecified atom stereocenters. The molecule has 2 aliphatic rings. The first kappa shape index (κ1) is 13.4. The zero-order valence-corrected chi connectivity index (χ0v) is 12.3. The lowest BCUT2D eigenvalue weighted by Gasteiger charge is -2.29. The molecule has 0 aromatic carbocycles. The van der Waals surface area contributed by atoms with Crippen molar-refractivity contribution in [1.29, 1.82) is 0 Å². The monoisotopic (exact) mass is 274 g/mol. The van der Waals surface area contributed by atoms with Crippen molar-refractivity contribution in [2.75, 3.05) is 24.5 Å². The fourth-order valence-corrected chi connectivity index (χ4v) is 3.82. The number of hydrogen-bond donors (Lipinski definition) is 2. The van der Waals surface area contributed by atoms with E-state index < -0.39 is 0 Å². The minimum absolute atomic E-state index is 0.382. The molecule has 0 aliphatic carbocycles. The van der Waals surface area contributed by atoms with Gasteiger partial charge >= 0.3 is 0 Å². The topological polar surface area (TPSA) is 71.2 Å². The lowest BCUT2D eigenvalue weighted by atomic mass is 9.95. The molecule has 20 heavy (non-hydrogen) atoms. The first-order valence-electron chi connectivity index (χ1n) is 7.24. The molecule has 0 spiro atoms. The number of carbonyl (C=O) groups is 1. The highest BCUT2D eigenvalue weighted by molar-refractivity contribution is 6.00. The molecule has 3 atom stereocenters. The SMILES string of the molecule is Cc1cc(N2CC3CNCC3C2C)c(C(N)=O)c(C)n1. The first-order chi connectivity index (χ1) is 9.49. The number of pyridine rings is 1. The minimum atomic E-state index is -0.382. The number of hydrogen-bond acceptors (Lipinski definition) is 4. The minimum Gasteiger partial charge on any atom is -0.367 e. The van der Waals surface area contributed by atoms with Crippen molar-refractivity contribution < 1.29 is 4.79 Å². The molecule has 0 bridgehead atoms. The molecule has 3 rings (SSSR count). The molecule has 3 heterocycles. The van der Waals surface area contributed by atoms with E-state index in [4.69, 9.17) is 5.73 Å². The maximum absolute atomic E-state index is 11.8. The highest BCUT2D eigenvalue weighted by Gasteiger charge is 2.42. The van der Waals surface area contributed by atoms with Crippen molar-refractivity contribution in [3.8, 4) is 0 Å². The van der Waals surface area contributed by atoms with Gasteiger partial charge in [-0.3, -0.25) is 9.78 Å². The second-order valence-electron chi connectivity index (χ2n) is 6.08. The maximum Gasteiger partial charge on any atom is 0.252 e. The fraction of sp³-hybridized carbons (Fsp3) is 0.600. The second-order valence-corrected chi connectivity index (χ2v) is 6.08. The number of anilines is 1. The Morgan fingerprint density at radius 2 is 2.20 bits per heavy atom. The number of aryl methyl sites for hydroxylation is 2. The van der Waals surface area contributed by atoms with Gasteiger partial charge in [-0.2, -0.15) is 0 Å². The lowest BCUT2D eigenvalue weighted by Crippen LogP contribution is -2.35. The number of nitrogens with one attached hydrogen (secondary N) is 1. The van der Waals surface area contributed by atoms with Gasteiger partial charge in [-0.1, -0.05) is 0 Å². The summed E-state index contributed by atoms with van der Waals surface area (Å²) in [6.45, 7) is 9.19. The molecule has 0 radical (unpaired) electrons. The van der Waals surface area contributed by atoms with E-state index >= 15 is 0 Å². The average molecular weight is 274 g/mol. The number of nitrogens with zero attached hydrogens (tertiary/aromatic N) is 2. The third-order valence-corrected chi connectivity index (χ3v) is 4.80. The van der Waals surface area contributed by atoms with Crippen LogP contribution in [-0.2, 0) is 0 Å². The quantitative estimate of drug-likeness (QED) is 0.838. The van der Waals surface area contributed by atoms with Gasteiger partial charge in [0.1, 0.15) is 0 Å². The van der Waals surface area contributed by atoms with Crippen molar-refractivity contribution in [2.45, 2.75) is 26.8 Å². The van der Waals surface area contributed by atoms with E-state index in [2.05, 4.69) is 22.1 Å². The Morgan fingerprint density at radius 3 is 2.85 bits per heavy atom. The predicted octanol–water partition coefficient (Wildman–Crippen LogP) is 0.841. The number of rotatable bonds is 2. The smallest absolute Gasteiger partial charge is 0.252 e. The molecule has 2 saturated heterocycles. The summed E-state index contributed by atoms with van der Waals surface area (Å²) in [6.07, 6.45) is 0. The van der Waals surface area contributed by atoms with Crippen molar-refractivity contribution in [1.82, 2.24) is 10.3 Å². The van der Waals surface area contributed by atoms with Crippen LogP contribution in [-0.4, -0.2) is 36.6 Å². The van der Waals surface area contributed by atoms with E-state index in [9.17, 15) is 4.79 Å². The molecule has 5 heteroatoms. The van der Waals surface area contributed by atoms with E-state index in [1.54, 1.807) is 0 Å². The number of fused-ring (bicyclic) bond motifs is 1. The van der Waals surface area contributed by atoms with E-state index in [1.165, 1.54) is 0 Å². The second kappa shape index (κ2) is 4.74. The average Bonchev–Trinajstić information content (AvgIpc) is 2.91. The van der Waals surface area contributed by atoms with Crippen molar-refractivity contribution in [3.63, 3.8) is 0 Å². The van der Waals surface area contributed by atoms with Crippen molar-refractivity contribution in [3.05, 3.63) is 23.0 Å². The third-order valence-electron chi connectivity index (χ3n) is 4.80. The van der Waals surface area contributed by atoms with Gasteiger partial charge in [0.2, 0.25) is 0 Å². The molecule has 3 N–H and O–H groups in total. The molecule has 2 fully saturated rings. The van der Waals surface area contributed by atoms with Crippen LogP contribution in [0, 0.1) is 25.7 Å². The first-order valence-corrected chi connectivity index (χ1v) is 7.24. The van der Waals surface area contributed by atoms with Gasteiger partial charge in [-0.15, -0.1) is 0 Å². The van der Waals surface area contributed by atoms with E-state index in [-0.39, 0.29) is 5.91 Å². The summed E-state index contributed by atoms with van der Waals surface area (Å²) >= 11 is 0. The van der Waals surface area contributed by atoms with Gasteiger partial charge in [-0.25, -0.2) is 0 Å². The zero-order chi connectivity index (χ0) is 14.4. The van der Waals surface area contributed by atoms with Gasteiger partial charge in [-0.05, 0) is 38.7 Å². The van der Waals surface area contributed by atoms with E-state index in [0.717, 1.165) is 36.7 Å². The Morgan fingerprint density at radius 1 is 1.45 bits per heavy atom. The summed E-state index contributed by atoms with van der Waals surface area (Å²) in [5.74, 6) is 0.941. The summed E-state index contributed by atoms with van der Waals surface area (Å²) in [5.41, 5.74) is 8.78. The van der Waals surface area contributed by atoms with Gasteiger partial charge < -0.3 is 16.0 Å². The Labute approximate surface area is 119 Å². The summed E-state index contributed by atoms with van der Waals surface area (Å²) in [5, 5.41) is 3.46. The molecular weight excluding hydrogens is 252 g/mol. The van der Waals surface area contributed by atoms with Gasteiger partial charge in [0.05, 0.1) is 16.9 Å². The summed E-state index contributed by atoms with van der Waals surface area (Å²) in [4.78, 5) is 18.5. The molecule has 5 nitrogen and oxygen atoms in total.